The van der Waals surface area contributed by atoms with Crippen molar-refractivity contribution in [1.29, 1.82) is 0 Å². The van der Waals surface area contributed by atoms with Gasteiger partial charge >= 0.3 is 0 Å². The smallest absolute Gasteiger partial charge is 0.224 e. The summed E-state index contributed by atoms with van der Waals surface area (Å²) >= 11 is 0. The zero-order valence-electron chi connectivity index (χ0n) is 13.1. The summed E-state index contributed by atoms with van der Waals surface area (Å²) in [6.07, 6.45) is 6.25. The maximum absolute atomic E-state index is 12.2. The second-order valence-corrected chi connectivity index (χ2v) is 8.54. The Hall–Kier alpha value is -1.11. The van der Waals surface area contributed by atoms with Gasteiger partial charge in [0.1, 0.15) is 0 Å². The number of nitrogens with one attached hydrogen (secondary N) is 2. The molecule has 1 amide bonds. The molecule has 2 fully saturated rings. The van der Waals surface area contributed by atoms with Crippen molar-refractivity contribution in [2.24, 2.45) is 5.92 Å². The highest BCUT2D eigenvalue weighted by atomic mass is 35.5. The van der Waals surface area contributed by atoms with Crippen molar-refractivity contribution in [3.05, 3.63) is 24.3 Å². The van der Waals surface area contributed by atoms with E-state index in [4.69, 9.17) is 0 Å². The Bertz CT molecular complexity index is 666. The summed E-state index contributed by atoms with van der Waals surface area (Å²) in [5, 5.41) is 6.40. The zero-order chi connectivity index (χ0) is 15.7. The summed E-state index contributed by atoms with van der Waals surface area (Å²) in [4.78, 5) is 12.4. The summed E-state index contributed by atoms with van der Waals surface area (Å²) in [6.45, 7) is 0. The molecule has 7 heteroatoms. The Balaban J connectivity index is 0.00000192. The van der Waals surface area contributed by atoms with Crippen LogP contribution in [0.4, 0.5) is 5.69 Å². The molecule has 2 unspecified atom stereocenters. The van der Waals surface area contributed by atoms with Crippen molar-refractivity contribution in [3.8, 4) is 0 Å². The van der Waals surface area contributed by atoms with E-state index in [0.717, 1.165) is 12.8 Å². The van der Waals surface area contributed by atoms with Crippen LogP contribution in [0.15, 0.2) is 29.2 Å². The highest BCUT2D eigenvalue weighted by Gasteiger charge is 2.34. The van der Waals surface area contributed by atoms with Gasteiger partial charge in [0.2, 0.25) is 5.91 Å². The summed E-state index contributed by atoms with van der Waals surface area (Å²) in [5.41, 5.74) is 0.546. The molecule has 2 saturated heterocycles. The van der Waals surface area contributed by atoms with Gasteiger partial charge in [0.15, 0.2) is 9.84 Å². The van der Waals surface area contributed by atoms with E-state index in [1.54, 1.807) is 12.1 Å². The van der Waals surface area contributed by atoms with Crippen LogP contribution in [0.2, 0.25) is 0 Å². The van der Waals surface area contributed by atoms with Crippen LogP contribution >= 0.6 is 12.4 Å². The van der Waals surface area contributed by atoms with Gasteiger partial charge in [-0.2, -0.15) is 0 Å². The molecule has 2 N–H and O–H groups in total. The van der Waals surface area contributed by atoms with E-state index in [9.17, 15) is 13.2 Å². The topological polar surface area (TPSA) is 75.3 Å². The molecule has 2 heterocycles. The van der Waals surface area contributed by atoms with Crippen LogP contribution in [0.25, 0.3) is 0 Å². The molecule has 23 heavy (non-hydrogen) atoms. The number of carbonyl (C=O) groups is 1. The average Bonchev–Trinajstić information content (AvgIpc) is 2.77. The molecule has 2 aliphatic rings. The van der Waals surface area contributed by atoms with E-state index < -0.39 is 9.84 Å². The highest BCUT2D eigenvalue weighted by Crippen LogP contribution is 2.32. The number of halogens is 1. The molecule has 1 aromatic rings. The maximum Gasteiger partial charge on any atom is 0.224 e. The van der Waals surface area contributed by atoms with E-state index in [2.05, 4.69) is 10.6 Å². The average molecular weight is 359 g/mol. The lowest BCUT2D eigenvalue weighted by atomic mass is 9.89. The first-order valence-corrected chi connectivity index (χ1v) is 9.65. The first kappa shape index (κ1) is 18.2. The first-order valence-electron chi connectivity index (χ1n) is 7.76. The van der Waals surface area contributed by atoms with Gasteiger partial charge < -0.3 is 10.6 Å². The molecule has 2 atom stereocenters. The molecule has 2 aliphatic heterocycles. The third kappa shape index (κ3) is 4.68. The SMILES string of the molecule is CS(=O)(=O)c1cccc(NC(=O)CC2CC3CCC(C2)N3)c1.Cl. The van der Waals surface area contributed by atoms with E-state index >= 15 is 0 Å². The van der Waals surface area contributed by atoms with Crippen molar-refractivity contribution in [2.45, 2.75) is 49.1 Å². The van der Waals surface area contributed by atoms with Gasteiger partial charge in [-0.25, -0.2) is 8.42 Å². The fourth-order valence-corrected chi connectivity index (χ4v) is 4.29. The first-order chi connectivity index (χ1) is 10.4. The molecule has 0 aromatic heterocycles. The number of hydrogen-bond acceptors (Lipinski definition) is 4. The third-order valence-corrected chi connectivity index (χ3v) is 5.70. The van der Waals surface area contributed by atoms with Crippen molar-refractivity contribution in [3.63, 3.8) is 0 Å². The molecule has 1 aromatic carbocycles. The minimum Gasteiger partial charge on any atom is -0.326 e. The molecular weight excluding hydrogens is 336 g/mol. The molecule has 3 rings (SSSR count). The van der Waals surface area contributed by atoms with Gasteiger partial charge in [0.05, 0.1) is 4.90 Å². The van der Waals surface area contributed by atoms with Crippen LogP contribution in [-0.2, 0) is 14.6 Å². The fourth-order valence-electron chi connectivity index (χ4n) is 3.62. The number of carbonyl (C=O) groups excluding carboxylic acids is 1. The normalized spacial score (nSPS) is 26.4. The Labute approximate surface area is 143 Å². The number of fused-ring (bicyclic) bond motifs is 2. The van der Waals surface area contributed by atoms with Gasteiger partial charge in [-0.1, -0.05) is 6.07 Å². The molecule has 0 spiro atoms. The highest BCUT2D eigenvalue weighted by molar-refractivity contribution is 7.90. The maximum atomic E-state index is 12.2. The minimum absolute atomic E-state index is 0. The van der Waals surface area contributed by atoms with Gasteiger partial charge in [0.25, 0.3) is 0 Å². The number of rotatable bonds is 4. The third-order valence-electron chi connectivity index (χ3n) is 4.59. The number of piperidine rings is 1. The van der Waals surface area contributed by atoms with E-state index in [-0.39, 0.29) is 23.2 Å². The monoisotopic (exact) mass is 358 g/mol. The minimum atomic E-state index is -3.25. The second kappa shape index (κ2) is 7.20. The molecule has 2 bridgehead atoms. The molecule has 128 valence electrons. The van der Waals surface area contributed by atoms with Crippen molar-refractivity contribution in [2.75, 3.05) is 11.6 Å². The van der Waals surface area contributed by atoms with Crippen molar-refractivity contribution < 1.29 is 13.2 Å². The van der Waals surface area contributed by atoms with Crippen molar-refractivity contribution in [1.82, 2.24) is 5.32 Å². The standard InChI is InChI=1S/C16H22N2O3S.ClH/c1-22(20,21)15-4-2-3-12(10-15)18-16(19)9-11-7-13-5-6-14(8-11)17-13;/h2-4,10-11,13-14,17H,5-9H2,1H3,(H,18,19);1H. The summed E-state index contributed by atoms with van der Waals surface area (Å²) < 4.78 is 23.1. The lowest BCUT2D eigenvalue weighted by Crippen LogP contribution is -2.39. The Morgan fingerprint density at radius 1 is 1.26 bits per heavy atom. The van der Waals surface area contributed by atoms with Gasteiger partial charge in [-0.05, 0) is 49.8 Å². The van der Waals surface area contributed by atoms with Gasteiger partial charge in [0, 0.05) is 30.4 Å². The number of hydrogen-bond donors (Lipinski definition) is 2. The van der Waals surface area contributed by atoms with Crippen LogP contribution in [-0.4, -0.2) is 32.7 Å². The fraction of sp³-hybridized carbons (Fsp3) is 0.562. The Morgan fingerprint density at radius 2 is 1.91 bits per heavy atom. The number of sulfone groups is 1. The van der Waals surface area contributed by atoms with Gasteiger partial charge in [-0.3, -0.25) is 4.79 Å². The Morgan fingerprint density at radius 3 is 2.52 bits per heavy atom. The van der Waals surface area contributed by atoms with E-state index in [1.807, 2.05) is 0 Å². The van der Waals surface area contributed by atoms with E-state index in [0.29, 0.717) is 30.1 Å². The predicted octanol–water partition coefficient (Wildman–Crippen LogP) is 2.37. The Kier molecular flexibility index (Phi) is 5.70. The molecule has 0 saturated carbocycles. The van der Waals surface area contributed by atoms with Crippen LogP contribution in [0.1, 0.15) is 32.1 Å². The molecule has 0 radical (unpaired) electrons. The van der Waals surface area contributed by atoms with Crippen LogP contribution < -0.4 is 10.6 Å². The quantitative estimate of drug-likeness (QED) is 0.866. The lowest BCUT2D eigenvalue weighted by molar-refractivity contribution is -0.117. The molecular formula is C16H23ClN2O3S. The summed E-state index contributed by atoms with van der Waals surface area (Å²) in [6, 6.07) is 7.57. The van der Waals surface area contributed by atoms with Crippen LogP contribution in [0.3, 0.4) is 0 Å². The largest absolute Gasteiger partial charge is 0.326 e. The summed E-state index contributed by atoms with van der Waals surface area (Å²) in [5.74, 6) is 0.397. The van der Waals surface area contributed by atoms with Crippen LogP contribution in [0.5, 0.6) is 0 Å². The van der Waals surface area contributed by atoms with E-state index in [1.165, 1.54) is 31.2 Å². The number of amides is 1. The number of benzene rings is 1. The summed E-state index contributed by atoms with van der Waals surface area (Å²) in [7, 11) is -3.25. The zero-order valence-corrected chi connectivity index (χ0v) is 14.8. The predicted molar refractivity (Wildman–Crippen MR) is 92.7 cm³/mol. The van der Waals surface area contributed by atoms with Gasteiger partial charge in [-0.15, -0.1) is 12.4 Å². The number of anilines is 1. The lowest BCUT2D eigenvalue weighted by Gasteiger charge is -2.28. The second-order valence-electron chi connectivity index (χ2n) is 6.53. The van der Waals surface area contributed by atoms with Crippen molar-refractivity contribution >= 4 is 33.8 Å². The molecule has 0 aliphatic carbocycles. The molecule has 5 nitrogen and oxygen atoms in total. The van der Waals surface area contributed by atoms with Crippen LogP contribution in [0, 0.1) is 5.92 Å².